The van der Waals surface area contributed by atoms with Crippen molar-refractivity contribution in [1.82, 2.24) is 15.4 Å². The summed E-state index contributed by atoms with van der Waals surface area (Å²) in [6.45, 7) is 3.31. The first-order valence-electron chi connectivity index (χ1n) is 7.71. The van der Waals surface area contributed by atoms with E-state index < -0.39 is 0 Å². The molecule has 1 aromatic heterocycles. The van der Waals surface area contributed by atoms with Crippen LogP contribution >= 0.6 is 0 Å². The lowest BCUT2D eigenvalue weighted by atomic mass is 10.1. The minimum absolute atomic E-state index is 0.0286. The Hall–Kier alpha value is -2.81. The van der Waals surface area contributed by atoms with Crippen molar-refractivity contribution in [2.24, 2.45) is 0 Å². The lowest BCUT2D eigenvalue weighted by Gasteiger charge is -2.10. The van der Waals surface area contributed by atoms with Crippen LogP contribution in [0.25, 0.3) is 11.3 Å². The lowest BCUT2D eigenvalue weighted by Crippen LogP contribution is -2.36. The van der Waals surface area contributed by atoms with E-state index in [1.54, 1.807) is 11.0 Å². The van der Waals surface area contributed by atoms with Crippen LogP contribution in [0.5, 0.6) is 0 Å². The van der Waals surface area contributed by atoms with Crippen LogP contribution in [0.3, 0.4) is 0 Å². The van der Waals surface area contributed by atoms with E-state index in [1.165, 1.54) is 5.56 Å². The fraction of sp³-hybridized carbons (Fsp3) is 0.353. The maximum atomic E-state index is 12.2. The molecule has 0 saturated carbocycles. The maximum Gasteiger partial charge on any atom is 0.290 e. The predicted octanol–water partition coefficient (Wildman–Crippen LogP) is 2.19. The molecule has 1 saturated heterocycles. The number of benzene rings is 1. The quantitative estimate of drug-likeness (QED) is 0.875. The van der Waals surface area contributed by atoms with E-state index in [0.717, 1.165) is 18.4 Å². The van der Waals surface area contributed by atoms with E-state index >= 15 is 0 Å². The van der Waals surface area contributed by atoms with Crippen molar-refractivity contribution in [1.29, 1.82) is 5.26 Å². The maximum absolute atomic E-state index is 12.2. The van der Waals surface area contributed by atoms with Crippen LogP contribution in [0.4, 0.5) is 0 Å². The highest BCUT2D eigenvalue weighted by Gasteiger charge is 2.25. The van der Waals surface area contributed by atoms with Gasteiger partial charge in [-0.1, -0.05) is 30.3 Å². The highest BCUT2D eigenvalue weighted by molar-refractivity contribution is 5.92. The van der Waals surface area contributed by atoms with Gasteiger partial charge in [-0.3, -0.25) is 4.79 Å². The monoisotopic (exact) mass is 310 g/mol. The third kappa shape index (κ3) is 3.34. The van der Waals surface area contributed by atoms with Gasteiger partial charge in [0.05, 0.1) is 0 Å². The number of nitrogens with one attached hydrogen (secondary N) is 1. The average Bonchev–Trinajstić information content (AvgIpc) is 3.24. The number of carbonyl (C=O) groups excluding carboxylic acids is 1. The molecule has 1 fully saturated rings. The van der Waals surface area contributed by atoms with E-state index in [1.807, 2.05) is 18.2 Å². The Kier molecular flexibility index (Phi) is 4.29. The molecule has 0 bridgehead atoms. The van der Waals surface area contributed by atoms with Crippen molar-refractivity contribution < 1.29 is 9.32 Å². The van der Waals surface area contributed by atoms with E-state index in [-0.39, 0.29) is 17.7 Å². The first-order chi connectivity index (χ1) is 11.2. The summed E-state index contributed by atoms with van der Waals surface area (Å²) in [4.78, 5) is 13.8. The SMILES string of the molecule is CCc1cccc(-c2cc(C(=O)NC3CCN(C#N)C3)on2)c1. The van der Waals surface area contributed by atoms with Gasteiger partial charge >= 0.3 is 0 Å². The number of aryl methyl sites for hydroxylation is 1. The van der Waals surface area contributed by atoms with Gasteiger partial charge in [-0.25, -0.2) is 0 Å². The molecule has 1 atom stereocenters. The standard InChI is InChI=1S/C17H18N4O2/c1-2-12-4-3-5-13(8-12)15-9-16(23-20-15)17(22)19-14-6-7-21(10-14)11-18/h3-5,8-9,14H,2,6-7,10H2,1H3,(H,19,22). The Morgan fingerprint density at radius 2 is 2.39 bits per heavy atom. The van der Waals surface area contributed by atoms with Crippen LogP contribution in [-0.4, -0.2) is 35.1 Å². The first-order valence-corrected chi connectivity index (χ1v) is 7.71. The summed E-state index contributed by atoms with van der Waals surface area (Å²) >= 11 is 0. The van der Waals surface area contributed by atoms with Gasteiger partial charge in [0.15, 0.2) is 6.19 Å². The molecule has 2 heterocycles. The topological polar surface area (TPSA) is 82.2 Å². The highest BCUT2D eigenvalue weighted by Crippen LogP contribution is 2.21. The number of amides is 1. The summed E-state index contributed by atoms with van der Waals surface area (Å²) in [7, 11) is 0. The molecular weight excluding hydrogens is 292 g/mol. The Morgan fingerprint density at radius 1 is 1.52 bits per heavy atom. The van der Waals surface area contributed by atoms with Crippen LogP contribution in [-0.2, 0) is 6.42 Å². The van der Waals surface area contributed by atoms with Gasteiger partial charge in [-0.2, -0.15) is 5.26 Å². The number of nitriles is 1. The van der Waals surface area contributed by atoms with Gasteiger partial charge in [0.2, 0.25) is 5.76 Å². The zero-order valence-electron chi connectivity index (χ0n) is 13.0. The van der Waals surface area contributed by atoms with Crippen LogP contribution in [0.15, 0.2) is 34.9 Å². The first kappa shape index (κ1) is 15.1. The Morgan fingerprint density at radius 3 is 3.13 bits per heavy atom. The second-order valence-electron chi connectivity index (χ2n) is 5.64. The summed E-state index contributed by atoms with van der Waals surface area (Å²) < 4.78 is 5.18. The molecule has 6 heteroatoms. The van der Waals surface area contributed by atoms with Gasteiger partial charge in [0, 0.05) is 30.8 Å². The molecule has 1 N–H and O–H groups in total. The highest BCUT2D eigenvalue weighted by atomic mass is 16.5. The fourth-order valence-corrected chi connectivity index (χ4v) is 2.69. The number of aromatic nitrogens is 1. The second kappa shape index (κ2) is 6.53. The van der Waals surface area contributed by atoms with E-state index in [9.17, 15) is 4.79 Å². The van der Waals surface area contributed by atoms with Crippen LogP contribution in [0.2, 0.25) is 0 Å². The van der Waals surface area contributed by atoms with Crippen molar-refractivity contribution in [2.45, 2.75) is 25.8 Å². The number of hydrogen-bond donors (Lipinski definition) is 1. The van der Waals surface area contributed by atoms with Crippen molar-refractivity contribution in [2.75, 3.05) is 13.1 Å². The third-order valence-electron chi connectivity index (χ3n) is 4.03. The molecule has 1 aliphatic rings. The molecular formula is C17H18N4O2. The number of likely N-dealkylation sites (tertiary alicyclic amines) is 1. The molecule has 6 nitrogen and oxygen atoms in total. The third-order valence-corrected chi connectivity index (χ3v) is 4.03. The Bertz CT molecular complexity index is 747. The molecule has 0 radical (unpaired) electrons. The van der Waals surface area contributed by atoms with Crippen LogP contribution in [0.1, 0.15) is 29.5 Å². The van der Waals surface area contributed by atoms with E-state index in [0.29, 0.717) is 18.8 Å². The zero-order chi connectivity index (χ0) is 16.2. The number of rotatable bonds is 4. The molecule has 23 heavy (non-hydrogen) atoms. The number of carbonyl (C=O) groups is 1. The molecule has 1 aliphatic heterocycles. The van der Waals surface area contributed by atoms with Gasteiger partial charge in [0.25, 0.3) is 5.91 Å². The Balaban J connectivity index is 1.69. The Labute approximate surface area is 134 Å². The number of nitrogens with zero attached hydrogens (tertiary/aromatic N) is 3. The largest absolute Gasteiger partial charge is 0.350 e. The molecule has 2 aromatic rings. The van der Waals surface area contributed by atoms with Gasteiger partial charge < -0.3 is 14.7 Å². The molecule has 3 rings (SSSR count). The predicted molar refractivity (Wildman–Crippen MR) is 84.4 cm³/mol. The minimum Gasteiger partial charge on any atom is -0.350 e. The summed E-state index contributed by atoms with van der Waals surface area (Å²) in [6, 6.07) is 9.64. The van der Waals surface area contributed by atoms with Gasteiger partial charge in [-0.15, -0.1) is 0 Å². The summed E-state index contributed by atoms with van der Waals surface area (Å²) in [5.41, 5.74) is 2.79. The molecule has 0 aliphatic carbocycles. The van der Waals surface area contributed by atoms with Crippen molar-refractivity contribution >= 4 is 5.91 Å². The summed E-state index contributed by atoms with van der Waals surface area (Å²) in [5, 5.41) is 15.7. The molecule has 1 unspecified atom stereocenters. The lowest BCUT2D eigenvalue weighted by molar-refractivity contribution is 0.0901. The van der Waals surface area contributed by atoms with Crippen molar-refractivity contribution in [3.63, 3.8) is 0 Å². The average molecular weight is 310 g/mol. The van der Waals surface area contributed by atoms with Crippen LogP contribution < -0.4 is 5.32 Å². The molecule has 118 valence electrons. The van der Waals surface area contributed by atoms with Crippen molar-refractivity contribution in [3.05, 3.63) is 41.7 Å². The van der Waals surface area contributed by atoms with Gasteiger partial charge in [0.1, 0.15) is 5.69 Å². The number of hydrogen-bond acceptors (Lipinski definition) is 5. The normalized spacial score (nSPS) is 17.0. The van der Waals surface area contributed by atoms with E-state index in [4.69, 9.17) is 9.78 Å². The smallest absolute Gasteiger partial charge is 0.290 e. The molecule has 1 aromatic carbocycles. The van der Waals surface area contributed by atoms with Crippen LogP contribution in [0, 0.1) is 11.5 Å². The summed E-state index contributed by atoms with van der Waals surface area (Å²) in [5.74, 6) is -0.0995. The van der Waals surface area contributed by atoms with Gasteiger partial charge in [-0.05, 0) is 24.5 Å². The second-order valence-corrected chi connectivity index (χ2v) is 5.64. The van der Waals surface area contributed by atoms with Crippen molar-refractivity contribution in [3.8, 4) is 17.5 Å². The fourth-order valence-electron chi connectivity index (χ4n) is 2.69. The zero-order valence-corrected chi connectivity index (χ0v) is 13.0. The molecule has 1 amide bonds. The summed E-state index contributed by atoms with van der Waals surface area (Å²) in [6.07, 6.45) is 3.79. The minimum atomic E-state index is -0.291. The van der Waals surface area contributed by atoms with E-state index in [2.05, 4.69) is 29.7 Å². The molecule has 0 spiro atoms.